The first-order chi connectivity index (χ1) is 5.52. The van der Waals surface area contributed by atoms with Gasteiger partial charge in [-0.3, -0.25) is 0 Å². The average Bonchev–Trinajstić information content (AvgIpc) is 1.96. The molecule has 0 aliphatic rings. The van der Waals surface area contributed by atoms with Crippen molar-refractivity contribution in [1.82, 2.24) is 4.98 Å². The molecule has 0 spiro atoms. The molecule has 0 aliphatic carbocycles. The van der Waals surface area contributed by atoms with Gasteiger partial charge in [0.15, 0.2) is 0 Å². The molecule has 0 amide bonds. The Morgan fingerprint density at radius 3 is 2.58 bits per heavy atom. The van der Waals surface area contributed by atoms with Gasteiger partial charge in [-0.05, 0) is 35.1 Å². The number of aromatic nitrogens is 1. The number of pyridine rings is 1. The van der Waals surface area contributed by atoms with Gasteiger partial charge in [-0.1, -0.05) is 0 Å². The standard InChI is InChI=1S/C7H5F3IN/c1-3-4(11)2-5(8)12-6(3)7(9)10/h2,7H,1H3. The lowest BCUT2D eigenvalue weighted by Gasteiger charge is -2.04. The molecule has 0 N–H and O–H groups in total. The Hall–Kier alpha value is -0.330. The largest absolute Gasteiger partial charge is 0.280 e. The summed E-state index contributed by atoms with van der Waals surface area (Å²) in [7, 11) is 0. The van der Waals surface area contributed by atoms with Crippen LogP contribution < -0.4 is 0 Å². The summed E-state index contributed by atoms with van der Waals surface area (Å²) < 4.78 is 37.3. The Bertz CT molecular complexity index is 301. The molecule has 0 aromatic carbocycles. The number of alkyl halides is 2. The summed E-state index contributed by atoms with van der Waals surface area (Å²) in [5.41, 5.74) is -0.133. The van der Waals surface area contributed by atoms with Gasteiger partial charge < -0.3 is 0 Å². The molecule has 1 aromatic heterocycles. The molecule has 0 atom stereocenters. The molecule has 0 aliphatic heterocycles. The minimum absolute atomic E-state index is 0.340. The Labute approximate surface area is 81.1 Å². The minimum atomic E-state index is -2.71. The number of hydrogen-bond donors (Lipinski definition) is 0. The summed E-state index contributed by atoms with van der Waals surface area (Å²) in [6.07, 6.45) is -2.71. The van der Waals surface area contributed by atoms with Crippen molar-refractivity contribution in [3.05, 3.63) is 26.8 Å². The van der Waals surface area contributed by atoms with Crippen molar-refractivity contribution in [3.63, 3.8) is 0 Å². The molecule has 0 saturated heterocycles. The first-order valence-electron chi connectivity index (χ1n) is 3.13. The average molecular weight is 287 g/mol. The van der Waals surface area contributed by atoms with Crippen LogP contribution in [0, 0.1) is 16.4 Å². The van der Waals surface area contributed by atoms with Gasteiger partial charge in [0.25, 0.3) is 6.43 Å². The summed E-state index contributed by atoms with van der Waals surface area (Å²) in [6.45, 7) is 1.50. The normalized spacial score (nSPS) is 10.8. The van der Waals surface area contributed by atoms with Crippen molar-refractivity contribution in [3.8, 4) is 0 Å². The van der Waals surface area contributed by atoms with Crippen molar-refractivity contribution in [2.75, 3.05) is 0 Å². The Kier molecular flexibility index (Phi) is 2.92. The van der Waals surface area contributed by atoms with Crippen LogP contribution in [0.25, 0.3) is 0 Å². The van der Waals surface area contributed by atoms with Crippen LogP contribution in [0.4, 0.5) is 13.2 Å². The van der Waals surface area contributed by atoms with Crippen molar-refractivity contribution in [2.45, 2.75) is 13.3 Å². The molecule has 1 aromatic rings. The maximum atomic E-state index is 12.5. The van der Waals surface area contributed by atoms with E-state index in [0.29, 0.717) is 9.13 Å². The summed E-state index contributed by atoms with van der Waals surface area (Å²) in [5.74, 6) is -0.861. The smallest absolute Gasteiger partial charge is 0.218 e. The molecule has 0 saturated carbocycles. The number of halogens is 4. The molecule has 0 bridgehead atoms. The highest BCUT2D eigenvalue weighted by Crippen LogP contribution is 2.24. The fourth-order valence-corrected chi connectivity index (χ4v) is 1.31. The van der Waals surface area contributed by atoms with Gasteiger partial charge in [0, 0.05) is 9.64 Å². The molecule has 0 radical (unpaired) electrons. The summed E-state index contributed by atoms with van der Waals surface area (Å²) in [5, 5.41) is 0. The van der Waals surface area contributed by atoms with Gasteiger partial charge in [0.1, 0.15) is 5.69 Å². The molecular formula is C7H5F3IN. The van der Waals surface area contributed by atoms with E-state index in [9.17, 15) is 13.2 Å². The zero-order chi connectivity index (χ0) is 9.30. The van der Waals surface area contributed by atoms with E-state index in [1.807, 2.05) is 0 Å². The van der Waals surface area contributed by atoms with Crippen LogP contribution in [-0.2, 0) is 0 Å². The summed E-state index contributed by atoms with van der Waals surface area (Å²) in [4.78, 5) is 3.11. The molecule has 66 valence electrons. The quantitative estimate of drug-likeness (QED) is 0.571. The highest BCUT2D eigenvalue weighted by Gasteiger charge is 2.15. The van der Waals surface area contributed by atoms with Crippen LogP contribution in [0.5, 0.6) is 0 Å². The maximum Gasteiger partial charge on any atom is 0.280 e. The van der Waals surface area contributed by atoms with E-state index in [4.69, 9.17) is 0 Å². The van der Waals surface area contributed by atoms with Crippen molar-refractivity contribution < 1.29 is 13.2 Å². The SMILES string of the molecule is Cc1c(I)cc(F)nc1C(F)F. The zero-order valence-electron chi connectivity index (χ0n) is 6.11. The van der Waals surface area contributed by atoms with Crippen molar-refractivity contribution >= 4 is 22.6 Å². The van der Waals surface area contributed by atoms with Gasteiger partial charge in [0.05, 0.1) is 0 Å². The molecule has 1 nitrogen and oxygen atoms in total. The van der Waals surface area contributed by atoms with Crippen LogP contribution >= 0.6 is 22.6 Å². The molecule has 1 rings (SSSR count). The highest BCUT2D eigenvalue weighted by molar-refractivity contribution is 14.1. The molecule has 1 heterocycles. The third-order valence-electron chi connectivity index (χ3n) is 1.42. The van der Waals surface area contributed by atoms with E-state index in [2.05, 4.69) is 4.98 Å². The van der Waals surface area contributed by atoms with Crippen LogP contribution in [0.15, 0.2) is 6.07 Å². The fourth-order valence-electron chi connectivity index (χ4n) is 0.779. The second-order valence-corrected chi connectivity index (χ2v) is 3.40. The van der Waals surface area contributed by atoms with E-state index in [1.54, 1.807) is 22.6 Å². The van der Waals surface area contributed by atoms with Gasteiger partial charge >= 0.3 is 0 Å². The molecule has 0 unspecified atom stereocenters. The van der Waals surface area contributed by atoms with E-state index in [0.717, 1.165) is 6.07 Å². The van der Waals surface area contributed by atoms with Gasteiger partial charge in [0.2, 0.25) is 5.95 Å². The number of hydrogen-bond acceptors (Lipinski definition) is 1. The molecule has 0 fully saturated rings. The monoisotopic (exact) mass is 287 g/mol. The number of rotatable bonds is 1. The van der Waals surface area contributed by atoms with Crippen LogP contribution in [0.3, 0.4) is 0 Å². The minimum Gasteiger partial charge on any atom is -0.218 e. The Morgan fingerprint density at radius 2 is 2.08 bits per heavy atom. The first kappa shape index (κ1) is 9.76. The number of nitrogens with zero attached hydrogens (tertiary/aromatic N) is 1. The summed E-state index contributed by atoms with van der Waals surface area (Å²) in [6, 6.07) is 1.13. The van der Waals surface area contributed by atoms with Gasteiger partial charge in [-0.25, -0.2) is 13.8 Å². The van der Waals surface area contributed by atoms with Gasteiger partial charge in [-0.15, -0.1) is 0 Å². The lowest BCUT2D eigenvalue weighted by atomic mass is 10.2. The summed E-state index contributed by atoms with van der Waals surface area (Å²) >= 11 is 1.80. The lowest BCUT2D eigenvalue weighted by Crippen LogP contribution is -1.99. The predicted octanol–water partition coefficient (Wildman–Crippen LogP) is 3.07. The second kappa shape index (κ2) is 3.59. The third kappa shape index (κ3) is 1.88. The van der Waals surface area contributed by atoms with Gasteiger partial charge in [-0.2, -0.15) is 4.39 Å². The predicted molar refractivity (Wildman–Crippen MR) is 46.6 cm³/mol. The van der Waals surface area contributed by atoms with Crippen LogP contribution in [0.2, 0.25) is 0 Å². The fraction of sp³-hybridized carbons (Fsp3) is 0.286. The molecule has 12 heavy (non-hydrogen) atoms. The molecule has 5 heteroatoms. The molecular weight excluding hydrogens is 282 g/mol. The second-order valence-electron chi connectivity index (χ2n) is 2.24. The van der Waals surface area contributed by atoms with Crippen molar-refractivity contribution in [2.24, 2.45) is 0 Å². The Balaban J connectivity index is 3.28. The maximum absolute atomic E-state index is 12.5. The van der Waals surface area contributed by atoms with Crippen LogP contribution in [-0.4, -0.2) is 4.98 Å². The van der Waals surface area contributed by atoms with E-state index < -0.39 is 18.1 Å². The van der Waals surface area contributed by atoms with E-state index >= 15 is 0 Å². The van der Waals surface area contributed by atoms with E-state index in [1.165, 1.54) is 6.92 Å². The lowest BCUT2D eigenvalue weighted by molar-refractivity contribution is 0.144. The third-order valence-corrected chi connectivity index (χ3v) is 2.54. The topological polar surface area (TPSA) is 12.9 Å². The van der Waals surface area contributed by atoms with Crippen molar-refractivity contribution in [1.29, 1.82) is 0 Å². The first-order valence-corrected chi connectivity index (χ1v) is 4.21. The highest BCUT2D eigenvalue weighted by atomic mass is 127. The Morgan fingerprint density at radius 1 is 1.50 bits per heavy atom. The zero-order valence-corrected chi connectivity index (χ0v) is 8.27. The van der Waals surface area contributed by atoms with Crippen LogP contribution in [0.1, 0.15) is 17.7 Å². The van der Waals surface area contributed by atoms with E-state index in [-0.39, 0.29) is 0 Å².